The van der Waals surface area contributed by atoms with Gasteiger partial charge in [-0.3, -0.25) is 0 Å². The second kappa shape index (κ2) is 7.68. The number of rotatable bonds is 7. The van der Waals surface area contributed by atoms with Crippen LogP contribution in [0.25, 0.3) is 0 Å². The van der Waals surface area contributed by atoms with Gasteiger partial charge in [-0.25, -0.2) is 0 Å². The van der Waals surface area contributed by atoms with E-state index < -0.39 is 0 Å². The van der Waals surface area contributed by atoms with Crippen LogP contribution in [0.1, 0.15) is 24.2 Å². The lowest BCUT2D eigenvalue weighted by Crippen LogP contribution is -2.15. The van der Waals surface area contributed by atoms with E-state index in [1.54, 1.807) is 0 Å². The highest BCUT2D eigenvalue weighted by atomic mass is 16.5. The highest BCUT2D eigenvalue weighted by Crippen LogP contribution is 2.20. The van der Waals surface area contributed by atoms with Crippen LogP contribution in [-0.2, 0) is 11.3 Å². The molecule has 3 heteroatoms. The topological polar surface area (TPSA) is 44.5 Å². The van der Waals surface area contributed by atoms with Gasteiger partial charge < -0.3 is 15.2 Å². The third kappa shape index (κ3) is 4.08. The van der Waals surface area contributed by atoms with E-state index in [9.17, 15) is 0 Å². The SMILES string of the molecule is CCOC(CN)c1ccc(OCc2ccccc2)cc1. The minimum Gasteiger partial charge on any atom is -0.489 e. The van der Waals surface area contributed by atoms with Crippen molar-refractivity contribution in [2.75, 3.05) is 13.2 Å². The van der Waals surface area contributed by atoms with E-state index in [-0.39, 0.29) is 6.10 Å². The summed E-state index contributed by atoms with van der Waals surface area (Å²) >= 11 is 0. The first-order valence-corrected chi connectivity index (χ1v) is 6.92. The Morgan fingerprint density at radius 2 is 1.70 bits per heavy atom. The Morgan fingerprint density at radius 3 is 2.30 bits per heavy atom. The lowest BCUT2D eigenvalue weighted by Gasteiger charge is -2.15. The molecule has 0 spiro atoms. The molecule has 1 unspecified atom stereocenters. The summed E-state index contributed by atoms with van der Waals surface area (Å²) in [5, 5.41) is 0. The Balaban J connectivity index is 1.94. The predicted octanol–water partition coefficient (Wildman–Crippen LogP) is 3.30. The molecule has 2 aromatic rings. The molecule has 0 radical (unpaired) electrons. The summed E-state index contributed by atoms with van der Waals surface area (Å²) in [5.41, 5.74) is 7.95. The van der Waals surface area contributed by atoms with Crippen LogP contribution in [0.4, 0.5) is 0 Å². The summed E-state index contributed by atoms with van der Waals surface area (Å²) in [6.45, 7) is 3.69. The summed E-state index contributed by atoms with van der Waals surface area (Å²) in [4.78, 5) is 0. The maximum atomic E-state index is 5.75. The van der Waals surface area contributed by atoms with E-state index in [1.807, 2.05) is 61.5 Å². The standard InChI is InChI=1S/C17H21NO2/c1-2-19-17(12-18)15-8-10-16(11-9-15)20-13-14-6-4-3-5-7-14/h3-11,17H,2,12-13,18H2,1H3. The van der Waals surface area contributed by atoms with Crippen LogP contribution in [0.15, 0.2) is 54.6 Å². The van der Waals surface area contributed by atoms with Crippen LogP contribution in [0.2, 0.25) is 0 Å². The van der Waals surface area contributed by atoms with Crippen molar-refractivity contribution in [3.8, 4) is 5.75 Å². The fourth-order valence-electron chi connectivity index (χ4n) is 2.02. The van der Waals surface area contributed by atoms with Gasteiger partial charge in [0.1, 0.15) is 12.4 Å². The Bertz CT molecular complexity index is 496. The van der Waals surface area contributed by atoms with Crippen molar-refractivity contribution in [2.24, 2.45) is 5.73 Å². The van der Waals surface area contributed by atoms with Gasteiger partial charge in [-0.15, -0.1) is 0 Å². The van der Waals surface area contributed by atoms with Crippen LogP contribution in [0.3, 0.4) is 0 Å². The fraction of sp³-hybridized carbons (Fsp3) is 0.294. The number of hydrogen-bond acceptors (Lipinski definition) is 3. The molecule has 106 valence electrons. The van der Waals surface area contributed by atoms with Crippen molar-refractivity contribution in [1.29, 1.82) is 0 Å². The molecule has 0 saturated carbocycles. The van der Waals surface area contributed by atoms with Crippen LogP contribution in [-0.4, -0.2) is 13.2 Å². The summed E-state index contributed by atoms with van der Waals surface area (Å²) in [6.07, 6.45) is -0.0387. The van der Waals surface area contributed by atoms with Gasteiger partial charge in [-0.05, 0) is 30.2 Å². The smallest absolute Gasteiger partial charge is 0.119 e. The van der Waals surface area contributed by atoms with Crippen molar-refractivity contribution in [1.82, 2.24) is 0 Å². The summed E-state index contributed by atoms with van der Waals surface area (Å²) in [7, 11) is 0. The lowest BCUT2D eigenvalue weighted by atomic mass is 10.1. The Labute approximate surface area is 120 Å². The molecule has 0 aliphatic carbocycles. The largest absolute Gasteiger partial charge is 0.489 e. The van der Waals surface area contributed by atoms with Crippen LogP contribution in [0, 0.1) is 0 Å². The Kier molecular flexibility index (Phi) is 5.59. The first kappa shape index (κ1) is 14.6. The second-order valence-electron chi connectivity index (χ2n) is 4.52. The molecule has 0 bridgehead atoms. The van der Waals surface area contributed by atoms with Gasteiger partial charge in [0.05, 0.1) is 6.10 Å². The normalized spacial score (nSPS) is 12.1. The van der Waals surface area contributed by atoms with Gasteiger partial charge in [0, 0.05) is 13.2 Å². The van der Waals surface area contributed by atoms with E-state index in [1.165, 1.54) is 0 Å². The molecule has 0 amide bonds. The average Bonchev–Trinajstić information content (AvgIpc) is 2.52. The zero-order chi connectivity index (χ0) is 14.2. The molecule has 0 aliphatic rings. The first-order chi connectivity index (χ1) is 9.83. The van der Waals surface area contributed by atoms with Crippen molar-refractivity contribution in [2.45, 2.75) is 19.6 Å². The van der Waals surface area contributed by atoms with E-state index in [0.29, 0.717) is 19.8 Å². The third-order valence-electron chi connectivity index (χ3n) is 3.08. The van der Waals surface area contributed by atoms with Gasteiger partial charge in [0.2, 0.25) is 0 Å². The molecule has 0 heterocycles. The van der Waals surface area contributed by atoms with E-state index in [0.717, 1.165) is 16.9 Å². The minimum atomic E-state index is -0.0387. The van der Waals surface area contributed by atoms with Gasteiger partial charge in [-0.1, -0.05) is 42.5 Å². The monoisotopic (exact) mass is 271 g/mol. The first-order valence-electron chi connectivity index (χ1n) is 6.92. The van der Waals surface area contributed by atoms with Gasteiger partial charge >= 0.3 is 0 Å². The highest BCUT2D eigenvalue weighted by molar-refractivity contribution is 5.29. The van der Waals surface area contributed by atoms with Gasteiger partial charge in [0.15, 0.2) is 0 Å². The fourth-order valence-corrected chi connectivity index (χ4v) is 2.02. The third-order valence-corrected chi connectivity index (χ3v) is 3.08. The number of ether oxygens (including phenoxy) is 2. The van der Waals surface area contributed by atoms with Crippen LogP contribution < -0.4 is 10.5 Å². The second-order valence-corrected chi connectivity index (χ2v) is 4.52. The molecule has 2 rings (SSSR count). The molecule has 2 aromatic carbocycles. The van der Waals surface area contributed by atoms with Gasteiger partial charge in [-0.2, -0.15) is 0 Å². The Hall–Kier alpha value is -1.84. The zero-order valence-corrected chi connectivity index (χ0v) is 11.8. The number of hydrogen-bond donors (Lipinski definition) is 1. The number of nitrogens with two attached hydrogens (primary N) is 1. The zero-order valence-electron chi connectivity index (χ0n) is 11.8. The van der Waals surface area contributed by atoms with Crippen molar-refractivity contribution >= 4 is 0 Å². The van der Waals surface area contributed by atoms with Crippen molar-refractivity contribution in [3.63, 3.8) is 0 Å². The maximum absolute atomic E-state index is 5.75. The molecular formula is C17H21NO2. The predicted molar refractivity (Wildman–Crippen MR) is 80.6 cm³/mol. The molecule has 1 atom stereocenters. The maximum Gasteiger partial charge on any atom is 0.119 e. The molecule has 0 aliphatic heterocycles. The van der Waals surface area contributed by atoms with Crippen molar-refractivity contribution in [3.05, 3.63) is 65.7 Å². The quantitative estimate of drug-likeness (QED) is 0.840. The molecule has 0 aromatic heterocycles. The average molecular weight is 271 g/mol. The summed E-state index contributed by atoms with van der Waals surface area (Å²) < 4.78 is 11.3. The molecule has 0 saturated heterocycles. The number of benzene rings is 2. The van der Waals surface area contributed by atoms with E-state index >= 15 is 0 Å². The highest BCUT2D eigenvalue weighted by Gasteiger charge is 2.08. The molecule has 20 heavy (non-hydrogen) atoms. The van der Waals surface area contributed by atoms with Crippen LogP contribution >= 0.6 is 0 Å². The molecule has 0 fully saturated rings. The molecule has 3 nitrogen and oxygen atoms in total. The minimum absolute atomic E-state index is 0.0387. The molecular weight excluding hydrogens is 250 g/mol. The Morgan fingerprint density at radius 1 is 1.00 bits per heavy atom. The summed E-state index contributed by atoms with van der Waals surface area (Å²) in [6, 6.07) is 18.0. The van der Waals surface area contributed by atoms with Crippen LogP contribution in [0.5, 0.6) is 5.75 Å². The molecule has 2 N–H and O–H groups in total. The van der Waals surface area contributed by atoms with Gasteiger partial charge in [0.25, 0.3) is 0 Å². The van der Waals surface area contributed by atoms with Crippen molar-refractivity contribution < 1.29 is 9.47 Å². The van der Waals surface area contributed by atoms with E-state index in [4.69, 9.17) is 15.2 Å². The van der Waals surface area contributed by atoms with E-state index in [2.05, 4.69) is 0 Å². The lowest BCUT2D eigenvalue weighted by molar-refractivity contribution is 0.0688. The summed E-state index contributed by atoms with van der Waals surface area (Å²) in [5.74, 6) is 0.852.